The highest BCUT2D eigenvalue weighted by Gasteiger charge is 2.28. The summed E-state index contributed by atoms with van der Waals surface area (Å²) in [6.07, 6.45) is 1.91. The van der Waals surface area contributed by atoms with Crippen molar-refractivity contribution in [1.29, 1.82) is 0 Å². The van der Waals surface area contributed by atoms with E-state index in [-0.39, 0.29) is 11.7 Å². The van der Waals surface area contributed by atoms with Crippen LogP contribution in [0, 0.1) is 11.7 Å². The molecule has 114 valence electrons. The molecule has 0 atom stereocenters. The summed E-state index contributed by atoms with van der Waals surface area (Å²) in [4.78, 5) is 16.7. The molecule has 0 aliphatic carbocycles. The van der Waals surface area contributed by atoms with E-state index in [1.807, 2.05) is 4.90 Å². The Labute approximate surface area is 124 Å². The van der Waals surface area contributed by atoms with Crippen LogP contribution in [0.2, 0.25) is 0 Å². The third kappa shape index (κ3) is 3.35. The van der Waals surface area contributed by atoms with Crippen molar-refractivity contribution in [3.8, 4) is 0 Å². The summed E-state index contributed by atoms with van der Waals surface area (Å²) in [6.45, 7) is 5.07. The van der Waals surface area contributed by atoms with E-state index in [0.29, 0.717) is 5.91 Å². The fourth-order valence-corrected chi connectivity index (χ4v) is 3.16. The number of carbonyl (C=O) groups is 1. The van der Waals surface area contributed by atoms with Crippen LogP contribution < -0.4 is 10.2 Å². The highest BCUT2D eigenvalue weighted by atomic mass is 19.1. The number of anilines is 1. The SMILES string of the molecule is O=C(C1CCNCC1)N1CCN(c2ccc(F)cc2)CC1. The number of piperidine rings is 1. The van der Waals surface area contributed by atoms with Gasteiger partial charge in [-0.1, -0.05) is 0 Å². The van der Waals surface area contributed by atoms with Crippen molar-refractivity contribution in [2.45, 2.75) is 12.8 Å². The van der Waals surface area contributed by atoms with Gasteiger partial charge in [-0.05, 0) is 50.2 Å². The number of nitrogens with one attached hydrogen (secondary N) is 1. The second-order valence-corrected chi connectivity index (χ2v) is 5.81. The quantitative estimate of drug-likeness (QED) is 0.896. The van der Waals surface area contributed by atoms with Crippen LogP contribution in [0.4, 0.5) is 10.1 Å². The molecule has 0 aromatic heterocycles. The lowest BCUT2D eigenvalue weighted by atomic mass is 9.96. The van der Waals surface area contributed by atoms with E-state index in [4.69, 9.17) is 0 Å². The molecule has 0 radical (unpaired) electrons. The number of hydrogen-bond donors (Lipinski definition) is 1. The summed E-state index contributed by atoms with van der Waals surface area (Å²) in [7, 11) is 0. The number of nitrogens with zero attached hydrogens (tertiary/aromatic N) is 2. The molecule has 0 saturated carbocycles. The molecule has 1 amide bonds. The topological polar surface area (TPSA) is 35.6 Å². The van der Waals surface area contributed by atoms with Crippen molar-refractivity contribution in [2.24, 2.45) is 5.92 Å². The maximum Gasteiger partial charge on any atom is 0.225 e. The summed E-state index contributed by atoms with van der Waals surface area (Å²) < 4.78 is 13.0. The fraction of sp³-hybridized carbons (Fsp3) is 0.562. The highest BCUT2D eigenvalue weighted by molar-refractivity contribution is 5.79. The standard InChI is InChI=1S/C16H22FN3O/c17-14-1-3-15(4-2-14)19-9-11-20(12-10-19)16(21)13-5-7-18-8-6-13/h1-4,13,18H,5-12H2. The molecule has 2 saturated heterocycles. The van der Waals surface area contributed by atoms with Crippen molar-refractivity contribution in [2.75, 3.05) is 44.2 Å². The molecule has 2 aliphatic rings. The summed E-state index contributed by atoms with van der Waals surface area (Å²) in [5.41, 5.74) is 1.03. The lowest BCUT2D eigenvalue weighted by Gasteiger charge is -2.38. The predicted molar refractivity (Wildman–Crippen MR) is 80.8 cm³/mol. The molecular formula is C16H22FN3O. The molecule has 0 unspecified atom stereocenters. The molecular weight excluding hydrogens is 269 g/mol. The van der Waals surface area contributed by atoms with Gasteiger partial charge in [0.15, 0.2) is 0 Å². The van der Waals surface area contributed by atoms with Gasteiger partial charge in [0.2, 0.25) is 5.91 Å². The monoisotopic (exact) mass is 291 g/mol. The van der Waals surface area contributed by atoms with Crippen molar-refractivity contribution in [1.82, 2.24) is 10.2 Å². The minimum Gasteiger partial charge on any atom is -0.368 e. The summed E-state index contributed by atoms with van der Waals surface area (Å²) >= 11 is 0. The maximum atomic E-state index is 13.0. The Bertz CT molecular complexity index is 477. The van der Waals surface area contributed by atoms with Crippen LogP contribution in [-0.4, -0.2) is 50.1 Å². The first-order chi connectivity index (χ1) is 10.2. The zero-order valence-corrected chi connectivity index (χ0v) is 12.2. The molecule has 2 aliphatic heterocycles. The number of benzene rings is 1. The van der Waals surface area contributed by atoms with Gasteiger partial charge in [-0.3, -0.25) is 4.79 Å². The van der Waals surface area contributed by atoms with Crippen molar-refractivity contribution >= 4 is 11.6 Å². The number of amides is 1. The summed E-state index contributed by atoms with van der Waals surface area (Å²) in [5, 5.41) is 3.30. The Morgan fingerprint density at radius 2 is 1.67 bits per heavy atom. The average Bonchev–Trinajstić information content (AvgIpc) is 2.56. The molecule has 3 rings (SSSR count). The first-order valence-electron chi connectivity index (χ1n) is 7.74. The van der Waals surface area contributed by atoms with Crippen LogP contribution in [-0.2, 0) is 4.79 Å². The number of rotatable bonds is 2. The molecule has 0 bridgehead atoms. The summed E-state index contributed by atoms with van der Waals surface area (Å²) in [5.74, 6) is 0.303. The first-order valence-corrected chi connectivity index (χ1v) is 7.74. The van der Waals surface area contributed by atoms with Crippen LogP contribution in [0.1, 0.15) is 12.8 Å². The second kappa shape index (κ2) is 6.43. The van der Waals surface area contributed by atoms with Gasteiger partial charge in [0.1, 0.15) is 5.82 Å². The Morgan fingerprint density at radius 1 is 1.05 bits per heavy atom. The first kappa shape index (κ1) is 14.3. The number of piperazine rings is 1. The van der Waals surface area contributed by atoms with Gasteiger partial charge < -0.3 is 15.1 Å². The van der Waals surface area contributed by atoms with E-state index in [9.17, 15) is 9.18 Å². The Morgan fingerprint density at radius 3 is 2.29 bits per heavy atom. The van der Waals surface area contributed by atoms with Gasteiger partial charge in [-0.25, -0.2) is 4.39 Å². The Kier molecular flexibility index (Phi) is 4.39. The van der Waals surface area contributed by atoms with Gasteiger partial charge in [-0.2, -0.15) is 0 Å². The van der Waals surface area contributed by atoms with Gasteiger partial charge in [0.05, 0.1) is 0 Å². The third-order valence-corrected chi connectivity index (χ3v) is 4.47. The van der Waals surface area contributed by atoms with Crippen LogP contribution in [0.5, 0.6) is 0 Å². The van der Waals surface area contributed by atoms with E-state index < -0.39 is 0 Å². The Hall–Kier alpha value is -1.62. The number of carbonyl (C=O) groups excluding carboxylic acids is 1. The van der Waals surface area contributed by atoms with Crippen LogP contribution in [0.25, 0.3) is 0 Å². The zero-order chi connectivity index (χ0) is 14.7. The van der Waals surface area contributed by atoms with E-state index in [2.05, 4.69) is 10.2 Å². The predicted octanol–water partition coefficient (Wildman–Crippen LogP) is 1.47. The van der Waals surface area contributed by atoms with E-state index in [0.717, 1.165) is 57.8 Å². The molecule has 2 heterocycles. The van der Waals surface area contributed by atoms with Gasteiger partial charge in [-0.15, -0.1) is 0 Å². The molecule has 1 aromatic rings. The number of hydrogen-bond acceptors (Lipinski definition) is 3. The molecule has 0 spiro atoms. The molecule has 1 N–H and O–H groups in total. The molecule has 2 fully saturated rings. The highest BCUT2D eigenvalue weighted by Crippen LogP contribution is 2.20. The minimum atomic E-state index is -0.210. The van der Waals surface area contributed by atoms with E-state index in [1.165, 1.54) is 12.1 Å². The van der Waals surface area contributed by atoms with Crippen molar-refractivity contribution < 1.29 is 9.18 Å². The second-order valence-electron chi connectivity index (χ2n) is 5.81. The van der Waals surface area contributed by atoms with Gasteiger partial charge >= 0.3 is 0 Å². The molecule has 4 nitrogen and oxygen atoms in total. The van der Waals surface area contributed by atoms with Crippen molar-refractivity contribution in [3.05, 3.63) is 30.1 Å². The third-order valence-electron chi connectivity index (χ3n) is 4.47. The maximum absolute atomic E-state index is 13.0. The Balaban J connectivity index is 1.54. The minimum absolute atomic E-state index is 0.198. The van der Waals surface area contributed by atoms with Gasteiger partial charge in [0, 0.05) is 37.8 Å². The van der Waals surface area contributed by atoms with E-state index >= 15 is 0 Å². The largest absolute Gasteiger partial charge is 0.368 e. The van der Waals surface area contributed by atoms with Crippen LogP contribution in [0.15, 0.2) is 24.3 Å². The summed E-state index contributed by atoms with van der Waals surface area (Å²) in [6, 6.07) is 6.59. The average molecular weight is 291 g/mol. The van der Waals surface area contributed by atoms with Crippen LogP contribution in [0.3, 0.4) is 0 Å². The van der Waals surface area contributed by atoms with Gasteiger partial charge in [0.25, 0.3) is 0 Å². The normalized spacial score (nSPS) is 20.6. The van der Waals surface area contributed by atoms with Crippen LogP contribution >= 0.6 is 0 Å². The lowest BCUT2D eigenvalue weighted by molar-refractivity contribution is -0.136. The van der Waals surface area contributed by atoms with E-state index in [1.54, 1.807) is 12.1 Å². The number of halogens is 1. The fourth-order valence-electron chi connectivity index (χ4n) is 3.16. The van der Waals surface area contributed by atoms with Crippen molar-refractivity contribution in [3.63, 3.8) is 0 Å². The smallest absolute Gasteiger partial charge is 0.225 e. The zero-order valence-electron chi connectivity index (χ0n) is 12.2. The molecule has 5 heteroatoms. The molecule has 1 aromatic carbocycles. The molecule has 21 heavy (non-hydrogen) atoms. The lowest BCUT2D eigenvalue weighted by Crippen LogP contribution is -2.51.